The van der Waals surface area contributed by atoms with Crippen molar-refractivity contribution < 1.29 is 14.6 Å². The van der Waals surface area contributed by atoms with Crippen LogP contribution in [-0.4, -0.2) is 31.2 Å². The van der Waals surface area contributed by atoms with Crippen LogP contribution in [0.3, 0.4) is 0 Å². The number of aliphatic hydroxyl groups is 1. The summed E-state index contributed by atoms with van der Waals surface area (Å²) in [6.07, 6.45) is -0.756. The van der Waals surface area contributed by atoms with Crippen LogP contribution in [0.2, 0.25) is 0 Å². The number of hydrogen-bond acceptors (Lipinski definition) is 4. The molecule has 1 amide bonds. The van der Waals surface area contributed by atoms with Gasteiger partial charge in [0.25, 0.3) is 0 Å². The molecule has 2 unspecified atom stereocenters. The lowest BCUT2D eigenvalue weighted by molar-refractivity contribution is -0.124. The second kappa shape index (κ2) is 8.74. The Kier molecular flexibility index (Phi) is 8.14. The van der Waals surface area contributed by atoms with Crippen molar-refractivity contribution in [2.24, 2.45) is 11.7 Å². The van der Waals surface area contributed by atoms with Crippen LogP contribution in [-0.2, 0) is 4.79 Å². The van der Waals surface area contributed by atoms with Gasteiger partial charge in [0.05, 0.1) is 13.2 Å². The monoisotopic (exact) mass is 288 g/mol. The zero-order valence-corrected chi connectivity index (χ0v) is 11.9. The highest BCUT2D eigenvalue weighted by molar-refractivity contribution is 5.85. The Morgan fingerprint density at radius 2 is 2.21 bits per heavy atom. The van der Waals surface area contributed by atoms with E-state index in [0.29, 0.717) is 17.9 Å². The molecule has 1 aromatic rings. The van der Waals surface area contributed by atoms with Gasteiger partial charge in [0.15, 0.2) is 0 Å². The van der Waals surface area contributed by atoms with E-state index in [-0.39, 0.29) is 30.8 Å². The van der Waals surface area contributed by atoms with E-state index >= 15 is 0 Å². The van der Waals surface area contributed by atoms with Crippen LogP contribution >= 0.6 is 12.4 Å². The highest BCUT2D eigenvalue weighted by atomic mass is 35.5. The van der Waals surface area contributed by atoms with Gasteiger partial charge in [-0.05, 0) is 17.7 Å². The molecule has 2 atom stereocenters. The molecule has 0 bridgehead atoms. The first kappa shape index (κ1) is 17.7. The Bertz CT molecular complexity index is 401. The number of rotatable bonds is 6. The van der Waals surface area contributed by atoms with Gasteiger partial charge in [-0.3, -0.25) is 4.79 Å². The van der Waals surface area contributed by atoms with Crippen LogP contribution in [0.15, 0.2) is 24.3 Å². The summed E-state index contributed by atoms with van der Waals surface area (Å²) in [7, 11) is 1.57. The van der Waals surface area contributed by atoms with Crippen molar-refractivity contribution in [3.05, 3.63) is 29.8 Å². The maximum Gasteiger partial charge on any atom is 0.224 e. The maximum atomic E-state index is 11.5. The number of aliphatic hydroxyl groups excluding tert-OH is 1. The van der Waals surface area contributed by atoms with Crippen LogP contribution in [0.4, 0.5) is 0 Å². The molecule has 0 aliphatic heterocycles. The SMILES string of the molecule is COc1cccc(C(O)CNC(=O)C(C)CN)c1.Cl. The van der Waals surface area contributed by atoms with Gasteiger partial charge in [-0.15, -0.1) is 12.4 Å². The number of carbonyl (C=O) groups excluding carboxylic acids is 1. The molecular weight excluding hydrogens is 268 g/mol. The van der Waals surface area contributed by atoms with Crippen molar-refractivity contribution >= 4 is 18.3 Å². The summed E-state index contributed by atoms with van der Waals surface area (Å²) in [5, 5.41) is 12.6. The Hall–Kier alpha value is -1.30. The normalized spacial score (nSPS) is 13.1. The van der Waals surface area contributed by atoms with E-state index in [1.165, 1.54) is 0 Å². The Morgan fingerprint density at radius 1 is 1.53 bits per heavy atom. The van der Waals surface area contributed by atoms with Crippen LogP contribution in [0.1, 0.15) is 18.6 Å². The van der Waals surface area contributed by atoms with E-state index in [0.717, 1.165) is 0 Å². The van der Waals surface area contributed by atoms with Gasteiger partial charge in [0.1, 0.15) is 5.75 Å². The summed E-state index contributed by atoms with van der Waals surface area (Å²) in [6.45, 7) is 2.20. The fourth-order valence-corrected chi connectivity index (χ4v) is 1.45. The molecule has 0 saturated carbocycles. The Balaban J connectivity index is 0.00000324. The smallest absolute Gasteiger partial charge is 0.224 e. The molecule has 0 aliphatic carbocycles. The summed E-state index contributed by atoms with van der Waals surface area (Å²) < 4.78 is 5.07. The van der Waals surface area contributed by atoms with Crippen molar-refractivity contribution in [2.45, 2.75) is 13.0 Å². The molecule has 0 heterocycles. The number of hydrogen-bond donors (Lipinski definition) is 3. The van der Waals surface area contributed by atoms with E-state index in [4.69, 9.17) is 10.5 Å². The fraction of sp³-hybridized carbons (Fsp3) is 0.462. The number of nitrogens with one attached hydrogen (secondary N) is 1. The van der Waals surface area contributed by atoms with Gasteiger partial charge in [-0.1, -0.05) is 19.1 Å². The third kappa shape index (κ3) is 5.46. The Morgan fingerprint density at radius 3 is 2.79 bits per heavy atom. The minimum absolute atomic E-state index is 0. The molecule has 0 spiro atoms. The molecule has 6 heteroatoms. The molecule has 108 valence electrons. The van der Waals surface area contributed by atoms with Crippen molar-refractivity contribution in [1.82, 2.24) is 5.32 Å². The lowest BCUT2D eigenvalue weighted by atomic mass is 10.1. The number of ether oxygens (including phenoxy) is 1. The average molecular weight is 289 g/mol. The quantitative estimate of drug-likeness (QED) is 0.725. The molecule has 5 nitrogen and oxygen atoms in total. The predicted molar refractivity (Wildman–Crippen MR) is 76.4 cm³/mol. The van der Waals surface area contributed by atoms with Gasteiger partial charge in [-0.2, -0.15) is 0 Å². The van der Waals surface area contributed by atoms with Crippen LogP contribution in [0.25, 0.3) is 0 Å². The molecule has 1 aromatic carbocycles. The first-order chi connectivity index (χ1) is 8.58. The number of methoxy groups -OCH3 is 1. The largest absolute Gasteiger partial charge is 0.497 e. The van der Waals surface area contributed by atoms with E-state index in [2.05, 4.69) is 5.32 Å². The molecule has 0 saturated heterocycles. The zero-order chi connectivity index (χ0) is 13.5. The topological polar surface area (TPSA) is 84.6 Å². The summed E-state index contributed by atoms with van der Waals surface area (Å²) in [5.74, 6) is 0.273. The number of amides is 1. The van der Waals surface area contributed by atoms with Gasteiger partial charge >= 0.3 is 0 Å². The van der Waals surface area contributed by atoms with Crippen LogP contribution in [0, 0.1) is 5.92 Å². The van der Waals surface area contributed by atoms with Crippen molar-refractivity contribution in [2.75, 3.05) is 20.2 Å². The molecule has 4 N–H and O–H groups in total. The summed E-state index contributed by atoms with van der Waals surface area (Å²) in [6, 6.07) is 7.11. The highest BCUT2D eigenvalue weighted by Crippen LogP contribution is 2.18. The van der Waals surface area contributed by atoms with Crippen molar-refractivity contribution in [1.29, 1.82) is 0 Å². The van der Waals surface area contributed by atoms with E-state index in [9.17, 15) is 9.90 Å². The molecule has 0 fully saturated rings. The Labute approximate surface area is 119 Å². The van der Waals surface area contributed by atoms with Gasteiger partial charge in [-0.25, -0.2) is 0 Å². The second-order valence-electron chi connectivity index (χ2n) is 4.17. The summed E-state index contributed by atoms with van der Waals surface area (Å²) >= 11 is 0. The summed E-state index contributed by atoms with van der Waals surface area (Å²) in [4.78, 5) is 11.5. The lowest BCUT2D eigenvalue weighted by Crippen LogP contribution is -2.35. The molecule has 19 heavy (non-hydrogen) atoms. The second-order valence-corrected chi connectivity index (χ2v) is 4.17. The minimum atomic E-state index is -0.756. The molecule has 0 aromatic heterocycles. The zero-order valence-electron chi connectivity index (χ0n) is 11.1. The van der Waals surface area contributed by atoms with Gasteiger partial charge in [0.2, 0.25) is 5.91 Å². The van der Waals surface area contributed by atoms with Gasteiger partial charge < -0.3 is 20.9 Å². The number of nitrogens with two attached hydrogens (primary N) is 1. The molecule has 1 rings (SSSR count). The van der Waals surface area contributed by atoms with Crippen LogP contribution in [0.5, 0.6) is 5.75 Å². The van der Waals surface area contributed by atoms with E-state index in [1.54, 1.807) is 38.3 Å². The minimum Gasteiger partial charge on any atom is -0.497 e. The predicted octanol–water partition coefficient (Wildman–Crippen LogP) is 0.861. The third-order valence-corrected chi connectivity index (χ3v) is 2.75. The number of halogens is 1. The fourth-order valence-electron chi connectivity index (χ4n) is 1.45. The average Bonchev–Trinajstić information content (AvgIpc) is 2.43. The standard InChI is InChI=1S/C13H20N2O3.ClH/c1-9(7-14)13(17)15-8-12(16)10-4-3-5-11(6-10)18-2;/h3-6,9,12,16H,7-8,14H2,1-2H3,(H,15,17);1H. The highest BCUT2D eigenvalue weighted by Gasteiger charge is 2.13. The van der Waals surface area contributed by atoms with Gasteiger partial charge in [0, 0.05) is 19.0 Å². The summed E-state index contributed by atoms with van der Waals surface area (Å²) in [5.41, 5.74) is 6.09. The number of carbonyl (C=O) groups is 1. The molecular formula is C13H21ClN2O3. The van der Waals surface area contributed by atoms with Crippen molar-refractivity contribution in [3.8, 4) is 5.75 Å². The van der Waals surface area contributed by atoms with E-state index in [1.807, 2.05) is 0 Å². The van der Waals surface area contributed by atoms with Crippen molar-refractivity contribution in [3.63, 3.8) is 0 Å². The number of benzene rings is 1. The van der Waals surface area contributed by atoms with Crippen LogP contribution < -0.4 is 15.8 Å². The lowest BCUT2D eigenvalue weighted by Gasteiger charge is -2.15. The third-order valence-electron chi connectivity index (χ3n) is 2.75. The first-order valence-corrected chi connectivity index (χ1v) is 5.88. The maximum absolute atomic E-state index is 11.5. The first-order valence-electron chi connectivity index (χ1n) is 5.88. The molecule has 0 radical (unpaired) electrons. The molecule has 0 aliphatic rings. The van der Waals surface area contributed by atoms with E-state index < -0.39 is 6.10 Å².